The van der Waals surface area contributed by atoms with Crippen LogP contribution in [-0.4, -0.2) is 22.5 Å². The highest BCUT2D eigenvalue weighted by Crippen LogP contribution is 2.29. The van der Waals surface area contributed by atoms with Crippen LogP contribution >= 0.6 is 0 Å². The van der Waals surface area contributed by atoms with Crippen molar-refractivity contribution in [3.05, 3.63) is 89.5 Å². The number of alkyl halides is 2. The van der Waals surface area contributed by atoms with Crippen molar-refractivity contribution in [2.75, 3.05) is 6.61 Å². The third-order valence-corrected chi connectivity index (χ3v) is 5.77. The fourth-order valence-electron chi connectivity index (χ4n) is 3.17. The average molecular weight is 433 g/mol. The van der Waals surface area contributed by atoms with E-state index in [-0.39, 0.29) is 23.0 Å². The van der Waals surface area contributed by atoms with Crippen LogP contribution in [0.25, 0.3) is 11.1 Å². The van der Waals surface area contributed by atoms with Gasteiger partial charge in [-0.2, -0.15) is 8.78 Å². The normalized spacial score (nSPS) is 17.0. The summed E-state index contributed by atoms with van der Waals surface area (Å²) in [5.41, 5.74) is 2.13. The topological polar surface area (TPSA) is 38.7 Å². The zero-order valence-electron chi connectivity index (χ0n) is 15.4. The van der Waals surface area contributed by atoms with Gasteiger partial charge in [-0.25, -0.2) is 18.0 Å². The van der Waals surface area contributed by atoms with Gasteiger partial charge in [-0.3, -0.25) is 0 Å². The molecule has 1 aliphatic heterocycles. The molecule has 0 aromatic heterocycles. The molecule has 4 rings (SSSR count). The Balaban J connectivity index is 1.53. The molecular weight excluding hydrogens is 418 g/mol. The molecule has 3 aromatic carbocycles. The molecule has 0 N–H and O–H groups in total. The summed E-state index contributed by atoms with van der Waals surface area (Å²) >= 11 is 0. The first kappa shape index (κ1) is 20.3. The van der Waals surface area contributed by atoms with E-state index in [1.54, 1.807) is 12.1 Å². The molecule has 2 atom stereocenters. The molecule has 0 saturated heterocycles. The van der Waals surface area contributed by atoms with Crippen molar-refractivity contribution >= 4 is 16.7 Å². The van der Waals surface area contributed by atoms with Crippen molar-refractivity contribution in [2.45, 2.75) is 16.7 Å². The van der Waals surface area contributed by atoms with Crippen molar-refractivity contribution in [3.8, 4) is 11.1 Å². The van der Waals surface area contributed by atoms with Crippen molar-refractivity contribution < 1.29 is 26.5 Å². The van der Waals surface area contributed by atoms with E-state index in [1.165, 1.54) is 18.2 Å². The van der Waals surface area contributed by atoms with E-state index in [0.717, 1.165) is 28.8 Å². The second kappa shape index (κ2) is 8.39. The highest BCUT2D eigenvalue weighted by atomic mass is 32.2. The van der Waals surface area contributed by atoms with Gasteiger partial charge in [-0.15, -0.1) is 0 Å². The summed E-state index contributed by atoms with van der Waals surface area (Å²) in [5.74, 6) is -4.46. The number of benzene rings is 3. The minimum Gasteiger partial charge on any atom is -0.475 e. The summed E-state index contributed by atoms with van der Waals surface area (Å²) in [6.45, 7) is 0.163. The van der Waals surface area contributed by atoms with Crippen LogP contribution in [0.5, 0.6) is 0 Å². The van der Waals surface area contributed by atoms with Gasteiger partial charge >= 0.3 is 5.76 Å². The summed E-state index contributed by atoms with van der Waals surface area (Å²) in [7, 11) is -2.34. The molecule has 154 valence electrons. The zero-order valence-corrected chi connectivity index (χ0v) is 16.2. The predicted molar refractivity (Wildman–Crippen MR) is 106 cm³/mol. The molecule has 0 bridgehead atoms. The third kappa shape index (κ3) is 4.00. The summed E-state index contributed by atoms with van der Waals surface area (Å²) in [6.07, 6.45) is 0. The minimum absolute atomic E-state index is 0.0655. The number of nitrogens with zero attached hydrogens (tertiary/aromatic N) is 1. The van der Waals surface area contributed by atoms with Crippen molar-refractivity contribution in [2.24, 2.45) is 4.99 Å². The highest BCUT2D eigenvalue weighted by Gasteiger charge is 2.26. The van der Waals surface area contributed by atoms with Crippen LogP contribution in [0.15, 0.2) is 76.6 Å². The molecule has 30 heavy (non-hydrogen) atoms. The van der Waals surface area contributed by atoms with Gasteiger partial charge in [0.15, 0.2) is 0 Å². The van der Waals surface area contributed by atoms with Gasteiger partial charge in [0, 0.05) is 4.90 Å². The summed E-state index contributed by atoms with van der Waals surface area (Å²) < 4.78 is 69.8. The second-order valence-electron chi connectivity index (χ2n) is 6.56. The molecule has 0 saturated carbocycles. The Bertz CT molecular complexity index is 1090. The number of rotatable bonds is 5. The molecular formula is C22H15F4NO2S. The maximum atomic E-state index is 13.9. The molecule has 0 spiro atoms. The zero-order chi connectivity index (χ0) is 21.3. The summed E-state index contributed by atoms with van der Waals surface area (Å²) in [6, 6.07) is 16.5. The van der Waals surface area contributed by atoms with Crippen LogP contribution in [0.3, 0.4) is 0 Å². The van der Waals surface area contributed by atoms with E-state index in [0.29, 0.717) is 0 Å². The van der Waals surface area contributed by atoms with Gasteiger partial charge in [-0.05, 0) is 41.0 Å². The fourth-order valence-corrected chi connectivity index (χ4v) is 3.78. The molecule has 2 unspecified atom stereocenters. The van der Waals surface area contributed by atoms with E-state index in [9.17, 15) is 21.8 Å². The molecule has 8 heteroatoms. The van der Waals surface area contributed by atoms with Gasteiger partial charge in [0.1, 0.15) is 40.6 Å². The number of aliphatic imine (C=N–C) groups is 1. The maximum absolute atomic E-state index is 13.9. The van der Waals surface area contributed by atoms with Crippen LogP contribution in [0.4, 0.5) is 17.6 Å². The Morgan fingerprint density at radius 1 is 0.900 bits per heavy atom. The van der Waals surface area contributed by atoms with E-state index < -0.39 is 34.2 Å². The van der Waals surface area contributed by atoms with Gasteiger partial charge < -0.3 is 4.74 Å². The van der Waals surface area contributed by atoms with Gasteiger partial charge in [0.25, 0.3) is 0 Å². The third-order valence-electron chi connectivity index (χ3n) is 4.70. The second-order valence-corrected chi connectivity index (χ2v) is 7.98. The lowest BCUT2D eigenvalue weighted by atomic mass is 10.0. The van der Waals surface area contributed by atoms with Crippen molar-refractivity contribution in [1.82, 2.24) is 0 Å². The summed E-state index contributed by atoms with van der Waals surface area (Å²) in [4.78, 5) is 4.38. The predicted octanol–water partition coefficient (Wildman–Crippen LogP) is 5.48. The highest BCUT2D eigenvalue weighted by molar-refractivity contribution is 7.85. The Morgan fingerprint density at radius 2 is 1.47 bits per heavy atom. The lowest BCUT2D eigenvalue weighted by molar-refractivity contribution is 0.244. The lowest BCUT2D eigenvalue weighted by Crippen LogP contribution is -2.07. The number of hydrogen-bond donors (Lipinski definition) is 0. The summed E-state index contributed by atoms with van der Waals surface area (Å²) in [5, 5.41) is 0. The Hall–Kier alpha value is -3.00. The van der Waals surface area contributed by atoms with Gasteiger partial charge in [-0.1, -0.05) is 42.5 Å². The van der Waals surface area contributed by atoms with E-state index in [4.69, 9.17) is 4.74 Å². The van der Waals surface area contributed by atoms with Gasteiger partial charge in [0.2, 0.25) is 5.90 Å². The number of halogens is 4. The van der Waals surface area contributed by atoms with Crippen molar-refractivity contribution in [3.63, 3.8) is 0 Å². The molecule has 3 aromatic rings. The monoisotopic (exact) mass is 433 g/mol. The standard InChI is InChI=1S/C22H15F4NO2S/c23-17-2-1-3-18(24)20(17)21-27-19(12-29-21)15-6-4-13(5-7-15)14-8-10-16(11-9-14)30(28)22(25)26/h1-11,19,22H,12H2. The Kier molecular flexibility index (Phi) is 5.67. The van der Waals surface area contributed by atoms with Crippen molar-refractivity contribution in [1.29, 1.82) is 0 Å². The molecule has 3 nitrogen and oxygen atoms in total. The molecule has 0 aliphatic carbocycles. The SMILES string of the molecule is O=S(c1ccc(-c2ccc(C3COC(c4c(F)cccc4F)=N3)cc2)cc1)C(F)F. The Labute approximate surface area is 172 Å². The number of ether oxygens (including phenoxy) is 1. The Morgan fingerprint density at radius 3 is 2.03 bits per heavy atom. The molecule has 0 radical (unpaired) electrons. The van der Waals surface area contributed by atoms with E-state index in [1.807, 2.05) is 24.3 Å². The molecule has 0 fully saturated rings. The first-order valence-electron chi connectivity index (χ1n) is 8.98. The van der Waals surface area contributed by atoms with Crippen LogP contribution in [0, 0.1) is 11.6 Å². The van der Waals surface area contributed by atoms with Crippen LogP contribution in [-0.2, 0) is 15.5 Å². The van der Waals surface area contributed by atoms with E-state index >= 15 is 0 Å². The van der Waals surface area contributed by atoms with Crippen LogP contribution < -0.4 is 0 Å². The van der Waals surface area contributed by atoms with E-state index in [2.05, 4.69) is 4.99 Å². The molecule has 0 amide bonds. The van der Waals surface area contributed by atoms with Crippen LogP contribution in [0.1, 0.15) is 17.2 Å². The lowest BCUT2D eigenvalue weighted by Gasteiger charge is -2.08. The first-order valence-corrected chi connectivity index (χ1v) is 10.2. The smallest absolute Gasteiger partial charge is 0.316 e. The first-order chi connectivity index (χ1) is 14.4. The largest absolute Gasteiger partial charge is 0.475 e. The quantitative estimate of drug-likeness (QED) is 0.500. The van der Waals surface area contributed by atoms with Crippen LogP contribution in [0.2, 0.25) is 0 Å². The fraction of sp³-hybridized carbons (Fsp3) is 0.136. The molecule has 1 aliphatic rings. The maximum Gasteiger partial charge on any atom is 0.316 e. The molecule has 1 heterocycles. The average Bonchev–Trinajstić information content (AvgIpc) is 3.23. The van der Waals surface area contributed by atoms with Gasteiger partial charge in [0.05, 0.1) is 0 Å². The number of hydrogen-bond acceptors (Lipinski definition) is 3. The minimum atomic E-state index is -2.92.